The normalized spacial score (nSPS) is 15.0. The minimum atomic E-state index is -0.960. The number of esters is 1. The first-order valence-electron chi connectivity index (χ1n) is 12.6. The molecule has 1 saturated heterocycles. The maximum absolute atomic E-state index is 13.5. The number of thioether (sulfide) groups is 1. The highest BCUT2D eigenvalue weighted by Gasteiger charge is 2.41. The van der Waals surface area contributed by atoms with E-state index in [9.17, 15) is 9.59 Å². The van der Waals surface area contributed by atoms with Crippen molar-refractivity contribution in [2.75, 3.05) is 13.7 Å². The molecule has 8 heteroatoms. The zero-order valence-electron chi connectivity index (χ0n) is 22.6. The van der Waals surface area contributed by atoms with Crippen LogP contribution in [-0.2, 0) is 20.9 Å². The van der Waals surface area contributed by atoms with E-state index >= 15 is 0 Å². The number of rotatable bonds is 9. The molecule has 1 amide bonds. The highest BCUT2D eigenvalue weighted by Crippen LogP contribution is 2.39. The smallest absolute Gasteiger partial charge is 0.333 e. The number of nitrogens with zero attached hydrogens (tertiary/aromatic N) is 1. The van der Waals surface area contributed by atoms with Gasteiger partial charge < -0.3 is 14.2 Å². The predicted octanol–water partition coefficient (Wildman–Crippen LogP) is 6.71. The maximum Gasteiger partial charge on any atom is 0.333 e. The summed E-state index contributed by atoms with van der Waals surface area (Å²) in [5, 5.41) is 0. The van der Waals surface area contributed by atoms with Gasteiger partial charge >= 0.3 is 5.97 Å². The molecule has 1 atom stereocenters. The molecule has 3 aromatic carbocycles. The van der Waals surface area contributed by atoms with Crippen LogP contribution in [-0.4, -0.2) is 34.8 Å². The lowest BCUT2D eigenvalue weighted by atomic mass is 10.0. The molecular weight excluding hydrogens is 530 g/mol. The lowest BCUT2D eigenvalue weighted by Gasteiger charge is -2.24. The molecule has 1 unspecified atom stereocenters. The minimum Gasteiger partial charge on any atom is -0.490 e. The quantitative estimate of drug-likeness (QED) is 0.164. The van der Waals surface area contributed by atoms with Gasteiger partial charge in [-0.3, -0.25) is 9.69 Å². The SMILES string of the molecule is CCOc1cc(/C=C2/SC(=S)N(C(C(=O)OC)c3ccccc3)C2=O)ccc1OCc1cc(C)c(C)cc1C. The van der Waals surface area contributed by atoms with Gasteiger partial charge in [0.1, 0.15) is 10.9 Å². The van der Waals surface area contributed by atoms with Crippen LogP contribution in [0.4, 0.5) is 0 Å². The molecule has 0 aromatic heterocycles. The standard InChI is InChI=1S/C31H31NO5S2/c1-6-36-26-16-22(12-13-25(26)37-18-24-15-20(3)19(2)14-21(24)4)17-27-29(33)32(31(38)39-27)28(30(34)35-5)23-10-8-7-9-11-23/h7-17,28H,6,18H2,1-5H3/b27-17+. The first kappa shape index (κ1) is 28.4. The number of hydrogen-bond donors (Lipinski definition) is 0. The zero-order valence-corrected chi connectivity index (χ0v) is 24.3. The summed E-state index contributed by atoms with van der Waals surface area (Å²) in [7, 11) is 1.30. The van der Waals surface area contributed by atoms with Crippen LogP contribution in [0.1, 0.15) is 46.3 Å². The van der Waals surface area contributed by atoms with Gasteiger partial charge in [-0.25, -0.2) is 4.79 Å². The number of benzene rings is 3. The molecular formula is C31H31NO5S2. The van der Waals surface area contributed by atoms with Crippen molar-refractivity contribution in [3.63, 3.8) is 0 Å². The van der Waals surface area contributed by atoms with Crippen molar-refractivity contribution in [3.8, 4) is 11.5 Å². The van der Waals surface area contributed by atoms with Crippen LogP contribution < -0.4 is 9.47 Å². The summed E-state index contributed by atoms with van der Waals surface area (Å²) < 4.78 is 17.3. The summed E-state index contributed by atoms with van der Waals surface area (Å²) in [4.78, 5) is 27.9. The van der Waals surface area contributed by atoms with E-state index in [-0.39, 0.29) is 5.91 Å². The largest absolute Gasteiger partial charge is 0.490 e. The van der Waals surface area contributed by atoms with E-state index in [0.29, 0.717) is 39.5 Å². The monoisotopic (exact) mass is 561 g/mol. The van der Waals surface area contributed by atoms with Crippen LogP contribution in [0.25, 0.3) is 6.08 Å². The Kier molecular flexibility index (Phi) is 9.09. The zero-order chi connectivity index (χ0) is 28.1. The number of thiocarbonyl (C=S) groups is 1. The van der Waals surface area contributed by atoms with Gasteiger partial charge in [-0.1, -0.05) is 72.5 Å². The fourth-order valence-corrected chi connectivity index (χ4v) is 5.64. The van der Waals surface area contributed by atoms with Crippen LogP contribution >= 0.6 is 24.0 Å². The number of ether oxygens (including phenoxy) is 3. The average molecular weight is 562 g/mol. The lowest BCUT2D eigenvalue weighted by molar-refractivity contribution is -0.148. The highest BCUT2D eigenvalue weighted by atomic mass is 32.2. The molecule has 1 fully saturated rings. The third-order valence-corrected chi connectivity index (χ3v) is 7.85. The van der Waals surface area contributed by atoms with E-state index in [0.717, 1.165) is 22.9 Å². The molecule has 3 aromatic rings. The second-order valence-corrected chi connectivity index (χ2v) is 10.9. The number of aryl methyl sites for hydroxylation is 3. The van der Waals surface area contributed by atoms with Crippen molar-refractivity contribution in [3.05, 3.63) is 98.9 Å². The number of amides is 1. The molecule has 0 radical (unpaired) electrons. The molecule has 4 rings (SSSR count). The van der Waals surface area contributed by atoms with Gasteiger partial charge in [0.25, 0.3) is 5.91 Å². The molecule has 1 aliphatic rings. The van der Waals surface area contributed by atoms with E-state index in [1.165, 1.54) is 28.7 Å². The molecule has 1 aliphatic heterocycles. The summed E-state index contributed by atoms with van der Waals surface area (Å²) in [6, 6.07) is 17.9. The Morgan fingerprint density at radius 3 is 2.38 bits per heavy atom. The first-order chi connectivity index (χ1) is 18.7. The average Bonchev–Trinajstić information content (AvgIpc) is 3.19. The molecule has 0 saturated carbocycles. The summed E-state index contributed by atoms with van der Waals surface area (Å²) in [5.74, 6) is 0.291. The topological polar surface area (TPSA) is 65.1 Å². The van der Waals surface area contributed by atoms with Crippen LogP contribution in [0.2, 0.25) is 0 Å². The van der Waals surface area contributed by atoms with Crippen molar-refractivity contribution in [1.82, 2.24) is 4.90 Å². The molecule has 0 N–H and O–H groups in total. The van der Waals surface area contributed by atoms with Crippen molar-refractivity contribution in [1.29, 1.82) is 0 Å². The molecule has 0 bridgehead atoms. The van der Waals surface area contributed by atoms with E-state index in [1.54, 1.807) is 30.3 Å². The summed E-state index contributed by atoms with van der Waals surface area (Å²) >= 11 is 6.68. The third kappa shape index (κ3) is 6.34. The van der Waals surface area contributed by atoms with Gasteiger partial charge in [0, 0.05) is 0 Å². The molecule has 6 nitrogen and oxygen atoms in total. The lowest BCUT2D eigenvalue weighted by Crippen LogP contribution is -2.37. The second kappa shape index (κ2) is 12.5. The third-order valence-electron chi connectivity index (χ3n) is 6.52. The number of carbonyl (C=O) groups is 2. The molecule has 0 aliphatic carbocycles. The summed E-state index contributed by atoms with van der Waals surface area (Å²) in [6.45, 7) is 9.06. The van der Waals surface area contributed by atoms with Gasteiger partial charge in [-0.15, -0.1) is 0 Å². The van der Waals surface area contributed by atoms with Crippen LogP contribution in [0.3, 0.4) is 0 Å². The minimum absolute atomic E-state index is 0.291. The van der Waals surface area contributed by atoms with Gasteiger partial charge in [0.05, 0.1) is 18.6 Å². The Morgan fingerprint density at radius 2 is 1.69 bits per heavy atom. The van der Waals surface area contributed by atoms with Gasteiger partial charge in [-0.05, 0) is 79.3 Å². The number of methoxy groups -OCH3 is 1. The second-order valence-electron chi connectivity index (χ2n) is 9.18. The fourth-order valence-electron chi connectivity index (χ4n) is 4.32. The maximum atomic E-state index is 13.5. The van der Waals surface area contributed by atoms with Gasteiger partial charge in [0.15, 0.2) is 17.5 Å². The Morgan fingerprint density at radius 1 is 0.974 bits per heavy atom. The highest BCUT2D eigenvalue weighted by molar-refractivity contribution is 8.26. The van der Waals surface area contributed by atoms with E-state index in [2.05, 4.69) is 32.9 Å². The van der Waals surface area contributed by atoms with Crippen molar-refractivity contribution in [2.24, 2.45) is 0 Å². The van der Waals surface area contributed by atoms with Crippen molar-refractivity contribution in [2.45, 2.75) is 40.3 Å². The Balaban J connectivity index is 1.59. The Bertz CT molecular complexity index is 1430. The van der Waals surface area contributed by atoms with E-state index < -0.39 is 12.0 Å². The first-order valence-corrected chi connectivity index (χ1v) is 13.8. The summed E-state index contributed by atoms with van der Waals surface area (Å²) in [5.41, 5.74) is 6.15. The van der Waals surface area contributed by atoms with E-state index in [4.69, 9.17) is 26.4 Å². The molecule has 39 heavy (non-hydrogen) atoms. The van der Waals surface area contributed by atoms with Crippen molar-refractivity contribution >= 4 is 46.3 Å². The van der Waals surface area contributed by atoms with Crippen LogP contribution in [0.15, 0.2) is 65.6 Å². The van der Waals surface area contributed by atoms with Crippen molar-refractivity contribution < 1.29 is 23.8 Å². The van der Waals surface area contributed by atoms with Gasteiger partial charge in [0.2, 0.25) is 0 Å². The summed E-state index contributed by atoms with van der Waals surface area (Å²) in [6.07, 6.45) is 1.75. The number of carbonyl (C=O) groups excluding carboxylic acids is 2. The predicted molar refractivity (Wildman–Crippen MR) is 159 cm³/mol. The molecule has 1 heterocycles. The van der Waals surface area contributed by atoms with Crippen LogP contribution in [0, 0.1) is 20.8 Å². The van der Waals surface area contributed by atoms with E-state index in [1.807, 2.05) is 31.2 Å². The van der Waals surface area contributed by atoms with Gasteiger partial charge in [-0.2, -0.15) is 0 Å². The fraction of sp³-hybridized carbons (Fsp3) is 0.258. The Hall–Kier alpha value is -3.62. The Labute approximate surface area is 238 Å². The molecule has 0 spiro atoms. The van der Waals surface area contributed by atoms with Crippen LogP contribution in [0.5, 0.6) is 11.5 Å². The number of hydrogen-bond acceptors (Lipinski definition) is 7. The molecule has 202 valence electrons.